The van der Waals surface area contributed by atoms with E-state index >= 15 is 0 Å². The SMILES string of the molecule is CCC1=C(C)C(/C=c2\[nH]/c(=C\c3[nH]c(/C=C4\NC(=O)C(CC)=C4C)c(C)c3CCC(=O)OC)c(CCC(=O)OC)c2C)=NC1=O. The first kappa shape index (κ1) is 33.2. The second-order valence-electron chi connectivity index (χ2n) is 11.3. The number of aromatic nitrogens is 2. The van der Waals surface area contributed by atoms with Crippen molar-refractivity contribution in [3.63, 3.8) is 0 Å². The number of amides is 2. The number of carbonyl (C=O) groups is 4. The van der Waals surface area contributed by atoms with Gasteiger partial charge >= 0.3 is 11.9 Å². The van der Waals surface area contributed by atoms with Gasteiger partial charge in [0.15, 0.2) is 0 Å². The van der Waals surface area contributed by atoms with Crippen molar-refractivity contribution in [1.82, 2.24) is 15.3 Å². The lowest BCUT2D eigenvalue weighted by Crippen LogP contribution is -2.16. The zero-order valence-electron chi connectivity index (χ0n) is 27.4. The van der Waals surface area contributed by atoms with Crippen molar-refractivity contribution in [2.24, 2.45) is 4.99 Å². The Morgan fingerprint density at radius 3 is 1.91 bits per heavy atom. The second-order valence-corrected chi connectivity index (χ2v) is 11.3. The summed E-state index contributed by atoms with van der Waals surface area (Å²) in [7, 11) is 2.74. The van der Waals surface area contributed by atoms with Crippen LogP contribution in [0.3, 0.4) is 0 Å². The average Bonchev–Trinajstić information content (AvgIpc) is 3.66. The molecule has 4 heterocycles. The summed E-state index contributed by atoms with van der Waals surface area (Å²) in [6, 6.07) is 0. The van der Waals surface area contributed by atoms with Crippen LogP contribution in [0.5, 0.6) is 0 Å². The van der Waals surface area contributed by atoms with Crippen LogP contribution in [0.15, 0.2) is 33.0 Å². The average molecular weight is 615 g/mol. The fourth-order valence-electron chi connectivity index (χ4n) is 5.95. The zero-order valence-corrected chi connectivity index (χ0v) is 27.4. The molecule has 10 heteroatoms. The van der Waals surface area contributed by atoms with Crippen LogP contribution in [-0.2, 0) is 41.5 Å². The number of hydrogen-bond acceptors (Lipinski definition) is 6. The number of aliphatic imine (C=N–C) groups is 1. The predicted octanol–water partition coefficient (Wildman–Crippen LogP) is 3.69. The van der Waals surface area contributed by atoms with Gasteiger partial charge in [-0.2, -0.15) is 0 Å². The molecular formula is C35H42N4O6. The lowest BCUT2D eigenvalue weighted by atomic mass is 10.0. The molecule has 0 aliphatic carbocycles. The Balaban J connectivity index is 1.90. The minimum Gasteiger partial charge on any atom is -0.469 e. The fraction of sp³-hybridized carbons (Fsp3) is 0.400. The number of nitrogens with zero attached hydrogens (tertiary/aromatic N) is 1. The monoisotopic (exact) mass is 614 g/mol. The molecule has 0 bridgehead atoms. The van der Waals surface area contributed by atoms with Crippen molar-refractivity contribution >= 4 is 47.7 Å². The number of allylic oxidation sites excluding steroid dienone is 2. The third kappa shape index (κ3) is 6.84. The van der Waals surface area contributed by atoms with E-state index in [4.69, 9.17) is 9.47 Å². The zero-order chi connectivity index (χ0) is 33.0. The molecule has 4 rings (SSSR count). The number of aromatic amines is 2. The minimum atomic E-state index is -0.318. The predicted molar refractivity (Wildman–Crippen MR) is 174 cm³/mol. The number of ether oxygens (including phenoxy) is 2. The fourth-order valence-corrected chi connectivity index (χ4v) is 5.95. The van der Waals surface area contributed by atoms with E-state index < -0.39 is 0 Å². The number of H-pyrrole nitrogens is 2. The maximum atomic E-state index is 12.5. The van der Waals surface area contributed by atoms with Crippen molar-refractivity contribution in [2.45, 2.75) is 80.1 Å². The standard InChI is InChI=1S/C35H42N4O6/c1-9-22-18(3)28(38-34(22)42)15-26-20(5)24(11-13-32(40)44-7)30(36-26)17-31-25(12-14-33(41)45-8)21(6)27(37-31)16-29-19(4)23(10-2)35(43)39-29/h15-17,36-37H,9-14H2,1-8H3,(H,38,42)/b27-16-,28-15-,31-17-. The summed E-state index contributed by atoms with van der Waals surface area (Å²) in [5.74, 6) is -0.935. The number of nitrogens with one attached hydrogen (secondary N) is 3. The number of hydrogen-bond donors (Lipinski definition) is 3. The molecule has 2 aliphatic heterocycles. The van der Waals surface area contributed by atoms with Crippen LogP contribution in [-0.4, -0.2) is 53.7 Å². The number of methoxy groups -OCH3 is 2. The summed E-state index contributed by atoms with van der Waals surface area (Å²) in [6.07, 6.45) is 8.28. The van der Waals surface area contributed by atoms with Gasteiger partial charge in [-0.25, -0.2) is 4.99 Å². The summed E-state index contributed by atoms with van der Waals surface area (Å²) in [5.41, 5.74) is 9.92. The molecule has 2 aromatic rings. The van der Waals surface area contributed by atoms with Crippen molar-refractivity contribution in [3.05, 3.63) is 72.3 Å². The van der Waals surface area contributed by atoms with Gasteiger partial charge in [0.1, 0.15) is 0 Å². The van der Waals surface area contributed by atoms with Crippen molar-refractivity contribution in [3.8, 4) is 0 Å². The van der Waals surface area contributed by atoms with Gasteiger partial charge in [0.25, 0.3) is 11.8 Å². The summed E-state index contributed by atoms with van der Waals surface area (Å²) >= 11 is 0. The maximum Gasteiger partial charge on any atom is 0.305 e. The molecule has 0 atom stereocenters. The van der Waals surface area contributed by atoms with Gasteiger partial charge in [-0.3, -0.25) is 19.2 Å². The molecule has 238 valence electrons. The summed E-state index contributed by atoms with van der Waals surface area (Å²) < 4.78 is 9.83. The Hall–Kier alpha value is -4.73. The van der Waals surface area contributed by atoms with Crippen LogP contribution in [0.25, 0.3) is 18.2 Å². The Labute approximate surface area is 263 Å². The van der Waals surface area contributed by atoms with Gasteiger partial charge in [-0.05, 0) is 105 Å². The first-order valence-corrected chi connectivity index (χ1v) is 15.3. The normalized spacial score (nSPS) is 16.8. The first-order valence-electron chi connectivity index (χ1n) is 15.3. The van der Waals surface area contributed by atoms with Crippen LogP contribution in [0, 0.1) is 13.8 Å². The quantitative estimate of drug-likeness (QED) is 0.330. The highest BCUT2D eigenvalue weighted by Crippen LogP contribution is 2.28. The van der Waals surface area contributed by atoms with Crippen molar-refractivity contribution < 1.29 is 28.7 Å². The molecule has 0 unspecified atom stereocenters. The lowest BCUT2D eigenvalue weighted by molar-refractivity contribution is -0.141. The van der Waals surface area contributed by atoms with Gasteiger partial charge in [-0.15, -0.1) is 0 Å². The smallest absolute Gasteiger partial charge is 0.305 e. The van der Waals surface area contributed by atoms with Gasteiger partial charge in [0.05, 0.1) is 19.9 Å². The van der Waals surface area contributed by atoms with Crippen LogP contribution >= 0.6 is 0 Å². The van der Waals surface area contributed by atoms with E-state index in [0.717, 1.165) is 66.8 Å². The molecule has 2 aromatic heterocycles. The van der Waals surface area contributed by atoms with Crippen LogP contribution < -0.4 is 16.0 Å². The third-order valence-electron chi connectivity index (χ3n) is 8.78. The van der Waals surface area contributed by atoms with Crippen LogP contribution in [0.4, 0.5) is 0 Å². The Morgan fingerprint density at radius 2 is 1.36 bits per heavy atom. The molecule has 0 saturated carbocycles. The van der Waals surface area contributed by atoms with E-state index in [9.17, 15) is 19.2 Å². The molecule has 0 radical (unpaired) electrons. The molecule has 2 amide bonds. The van der Waals surface area contributed by atoms with Crippen molar-refractivity contribution in [1.29, 1.82) is 0 Å². The molecule has 0 saturated heterocycles. The lowest BCUT2D eigenvalue weighted by Gasteiger charge is -2.04. The molecule has 45 heavy (non-hydrogen) atoms. The van der Waals surface area contributed by atoms with Gasteiger partial charge in [0.2, 0.25) is 0 Å². The molecule has 2 aliphatic rings. The van der Waals surface area contributed by atoms with Gasteiger partial charge in [-0.1, -0.05) is 13.8 Å². The van der Waals surface area contributed by atoms with E-state index in [-0.39, 0.29) is 36.6 Å². The highest BCUT2D eigenvalue weighted by Gasteiger charge is 2.24. The largest absolute Gasteiger partial charge is 0.469 e. The molecular weight excluding hydrogens is 572 g/mol. The number of esters is 2. The Bertz CT molecular complexity index is 1830. The molecule has 3 N–H and O–H groups in total. The van der Waals surface area contributed by atoms with Gasteiger partial charge in [0, 0.05) is 51.8 Å². The van der Waals surface area contributed by atoms with Crippen LogP contribution in [0.2, 0.25) is 0 Å². The molecule has 10 nitrogen and oxygen atoms in total. The summed E-state index contributed by atoms with van der Waals surface area (Å²) in [4.78, 5) is 60.5. The number of carbonyl (C=O) groups excluding carboxylic acids is 4. The minimum absolute atomic E-state index is 0.0891. The van der Waals surface area contributed by atoms with E-state index in [1.54, 1.807) is 0 Å². The highest BCUT2D eigenvalue weighted by atomic mass is 16.5. The van der Waals surface area contributed by atoms with E-state index in [0.29, 0.717) is 37.0 Å². The molecule has 0 aromatic carbocycles. The number of rotatable bonds is 11. The van der Waals surface area contributed by atoms with Gasteiger partial charge < -0.3 is 24.8 Å². The highest BCUT2D eigenvalue weighted by molar-refractivity contribution is 6.30. The Morgan fingerprint density at radius 1 is 0.733 bits per heavy atom. The van der Waals surface area contributed by atoms with E-state index in [1.165, 1.54) is 14.2 Å². The second kappa shape index (κ2) is 13.9. The topological polar surface area (TPSA) is 143 Å². The Kier molecular flexibility index (Phi) is 10.3. The first-order chi connectivity index (χ1) is 21.4. The molecule has 0 spiro atoms. The third-order valence-corrected chi connectivity index (χ3v) is 8.78. The molecule has 0 fully saturated rings. The van der Waals surface area contributed by atoms with E-state index in [2.05, 4.69) is 20.3 Å². The summed E-state index contributed by atoms with van der Waals surface area (Å²) in [5, 5.41) is 4.54. The summed E-state index contributed by atoms with van der Waals surface area (Å²) in [6.45, 7) is 11.7. The van der Waals surface area contributed by atoms with E-state index in [1.807, 2.05) is 59.8 Å². The maximum absolute atomic E-state index is 12.5. The van der Waals surface area contributed by atoms with Crippen LogP contribution in [0.1, 0.15) is 87.0 Å². The van der Waals surface area contributed by atoms with Crippen molar-refractivity contribution in [2.75, 3.05) is 14.2 Å².